The van der Waals surface area contributed by atoms with Gasteiger partial charge >= 0.3 is 5.97 Å². The van der Waals surface area contributed by atoms with Gasteiger partial charge in [-0.1, -0.05) is 12.8 Å². The third-order valence-corrected chi connectivity index (χ3v) is 2.33. The Morgan fingerprint density at radius 3 is 2.75 bits per heavy atom. The molecule has 0 aliphatic heterocycles. The van der Waals surface area contributed by atoms with Gasteiger partial charge in [0.1, 0.15) is 0 Å². The molecule has 1 saturated carbocycles. The van der Waals surface area contributed by atoms with Crippen molar-refractivity contribution in [2.24, 2.45) is 5.73 Å². The van der Waals surface area contributed by atoms with Crippen molar-refractivity contribution in [3.8, 4) is 0 Å². The summed E-state index contributed by atoms with van der Waals surface area (Å²) < 4.78 is 0. The Kier molecular flexibility index (Phi) is 3.49. The first-order valence-electron chi connectivity index (χ1n) is 4.41. The van der Waals surface area contributed by atoms with Crippen molar-refractivity contribution in [3.05, 3.63) is 0 Å². The summed E-state index contributed by atoms with van der Waals surface area (Å²) in [6.07, 6.45) is 4.35. The fourth-order valence-corrected chi connectivity index (χ4v) is 1.63. The largest absolute Gasteiger partial charge is 0.480 e. The topological polar surface area (TPSA) is 75.3 Å². The molecular weight excluding hydrogens is 156 g/mol. The van der Waals surface area contributed by atoms with Gasteiger partial charge in [0.15, 0.2) is 0 Å². The van der Waals surface area contributed by atoms with Gasteiger partial charge < -0.3 is 16.2 Å². The van der Waals surface area contributed by atoms with Crippen molar-refractivity contribution >= 4 is 5.97 Å². The SMILES string of the molecule is N[C@@H]1CCCC[C@H]1NCC(=O)O. The summed E-state index contributed by atoms with van der Waals surface area (Å²) in [5, 5.41) is 11.4. The average Bonchev–Trinajstić information content (AvgIpc) is 2.03. The van der Waals surface area contributed by atoms with Gasteiger partial charge in [0.05, 0.1) is 6.54 Å². The Morgan fingerprint density at radius 1 is 1.50 bits per heavy atom. The summed E-state index contributed by atoms with van der Waals surface area (Å²) in [5.41, 5.74) is 5.81. The molecule has 0 amide bonds. The molecule has 12 heavy (non-hydrogen) atoms. The zero-order valence-corrected chi connectivity index (χ0v) is 7.12. The molecule has 4 N–H and O–H groups in total. The van der Waals surface area contributed by atoms with Crippen LogP contribution >= 0.6 is 0 Å². The second kappa shape index (κ2) is 4.42. The van der Waals surface area contributed by atoms with Gasteiger partial charge in [0.25, 0.3) is 0 Å². The van der Waals surface area contributed by atoms with Gasteiger partial charge in [0, 0.05) is 12.1 Å². The van der Waals surface area contributed by atoms with E-state index >= 15 is 0 Å². The van der Waals surface area contributed by atoms with E-state index in [0.29, 0.717) is 0 Å². The van der Waals surface area contributed by atoms with Crippen molar-refractivity contribution < 1.29 is 9.90 Å². The molecule has 0 aromatic rings. The fraction of sp³-hybridized carbons (Fsp3) is 0.875. The highest BCUT2D eigenvalue weighted by Gasteiger charge is 2.21. The zero-order valence-electron chi connectivity index (χ0n) is 7.12. The number of aliphatic carboxylic acids is 1. The minimum Gasteiger partial charge on any atom is -0.480 e. The number of hydrogen-bond acceptors (Lipinski definition) is 3. The van der Waals surface area contributed by atoms with Crippen LogP contribution in [-0.2, 0) is 4.79 Å². The molecule has 4 heteroatoms. The van der Waals surface area contributed by atoms with Crippen LogP contribution in [0.2, 0.25) is 0 Å². The highest BCUT2D eigenvalue weighted by molar-refractivity contribution is 5.69. The molecule has 4 nitrogen and oxygen atoms in total. The Hall–Kier alpha value is -0.610. The average molecular weight is 172 g/mol. The standard InChI is InChI=1S/C8H16N2O2/c9-6-3-1-2-4-7(6)10-5-8(11)12/h6-7,10H,1-5,9H2,(H,11,12)/t6-,7-/m1/s1. The molecule has 0 aromatic heterocycles. The monoisotopic (exact) mass is 172 g/mol. The van der Waals surface area contributed by atoms with E-state index in [0.717, 1.165) is 19.3 Å². The lowest BCUT2D eigenvalue weighted by atomic mass is 9.91. The maximum absolute atomic E-state index is 10.2. The second-order valence-electron chi connectivity index (χ2n) is 3.33. The van der Waals surface area contributed by atoms with Crippen molar-refractivity contribution in [2.75, 3.05) is 6.54 Å². The predicted molar refractivity (Wildman–Crippen MR) is 45.9 cm³/mol. The molecule has 1 rings (SSSR count). The molecule has 0 unspecified atom stereocenters. The second-order valence-corrected chi connectivity index (χ2v) is 3.33. The minimum atomic E-state index is -0.812. The van der Waals surface area contributed by atoms with Crippen LogP contribution in [0.25, 0.3) is 0 Å². The van der Waals surface area contributed by atoms with Gasteiger partial charge in [-0.2, -0.15) is 0 Å². The minimum absolute atomic E-state index is 0.0262. The first-order chi connectivity index (χ1) is 5.70. The molecular formula is C8H16N2O2. The maximum Gasteiger partial charge on any atom is 0.317 e. The molecule has 1 fully saturated rings. The molecule has 70 valence electrons. The van der Waals surface area contributed by atoms with E-state index in [-0.39, 0.29) is 18.6 Å². The molecule has 0 spiro atoms. The predicted octanol–water partition coefficient (Wildman–Crippen LogP) is -0.0695. The van der Waals surface area contributed by atoms with Crippen LogP contribution in [-0.4, -0.2) is 29.7 Å². The van der Waals surface area contributed by atoms with Crippen molar-refractivity contribution in [3.63, 3.8) is 0 Å². The molecule has 1 aliphatic rings. The molecule has 1 aliphatic carbocycles. The molecule has 0 aromatic carbocycles. The lowest BCUT2D eigenvalue weighted by Gasteiger charge is -2.28. The Morgan fingerprint density at radius 2 is 2.17 bits per heavy atom. The molecule has 0 bridgehead atoms. The smallest absolute Gasteiger partial charge is 0.317 e. The first kappa shape index (κ1) is 9.48. The van der Waals surface area contributed by atoms with Crippen molar-refractivity contribution in [2.45, 2.75) is 37.8 Å². The first-order valence-corrected chi connectivity index (χ1v) is 4.41. The third kappa shape index (κ3) is 2.79. The number of carboxylic acids is 1. The van der Waals surface area contributed by atoms with Gasteiger partial charge in [0.2, 0.25) is 0 Å². The number of rotatable bonds is 3. The van der Waals surface area contributed by atoms with Gasteiger partial charge in [-0.05, 0) is 12.8 Å². The number of nitrogens with two attached hydrogens (primary N) is 1. The fourth-order valence-electron chi connectivity index (χ4n) is 1.63. The van der Waals surface area contributed by atoms with Gasteiger partial charge in [-0.25, -0.2) is 0 Å². The zero-order chi connectivity index (χ0) is 8.97. The highest BCUT2D eigenvalue weighted by Crippen LogP contribution is 2.16. The lowest BCUT2D eigenvalue weighted by Crippen LogP contribution is -2.48. The van der Waals surface area contributed by atoms with E-state index in [1.165, 1.54) is 6.42 Å². The lowest BCUT2D eigenvalue weighted by molar-refractivity contribution is -0.136. The number of hydrogen-bond donors (Lipinski definition) is 3. The van der Waals surface area contributed by atoms with Crippen LogP contribution in [0, 0.1) is 0 Å². The summed E-state index contributed by atoms with van der Waals surface area (Å²) in [4.78, 5) is 10.2. The van der Waals surface area contributed by atoms with Gasteiger partial charge in [-0.3, -0.25) is 4.79 Å². The van der Waals surface area contributed by atoms with Crippen LogP contribution in [0.1, 0.15) is 25.7 Å². The van der Waals surface area contributed by atoms with Crippen LogP contribution in [0.5, 0.6) is 0 Å². The molecule has 0 heterocycles. The van der Waals surface area contributed by atoms with E-state index in [4.69, 9.17) is 10.8 Å². The van der Waals surface area contributed by atoms with E-state index < -0.39 is 5.97 Å². The van der Waals surface area contributed by atoms with Crippen LogP contribution in [0.4, 0.5) is 0 Å². The van der Waals surface area contributed by atoms with Crippen LogP contribution in [0.15, 0.2) is 0 Å². The van der Waals surface area contributed by atoms with Crippen molar-refractivity contribution in [1.82, 2.24) is 5.32 Å². The van der Waals surface area contributed by atoms with E-state index in [1.807, 2.05) is 0 Å². The molecule has 0 saturated heterocycles. The Balaban J connectivity index is 2.24. The van der Waals surface area contributed by atoms with Crippen LogP contribution in [0.3, 0.4) is 0 Å². The third-order valence-electron chi connectivity index (χ3n) is 2.33. The highest BCUT2D eigenvalue weighted by atomic mass is 16.4. The summed E-state index contributed by atoms with van der Waals surface area (Å²) in [6, 6.07) is 0.341. The summed E-state index contributed by atoms with van der Waals surface area (Å²) in [6.45, 7) is 0.0262. The summed E-state index contributed by atoms with van der Waals surface area (Å²) >= 11 is 0. The Bertz CT molecular complexity index is 161. The molecule has 0 radical (unpaired) electrons. The van der Waals surface area contributed by atoms with E-state index in [2.05, 4.69) is 5.32 Å². The normalized spacial score (nSPS) is 30.1. The maximum atomic E-state index is 10.2. The van der Waals surface area contributed by atoms with Crippen LogP contribution < -0.4 is 11.1 Å². The van der Waals surface area contributed by atoms with E-state index in [1.54, 1.807) is 0 Å². The number of carboxylic acid groups (broad SMARTS) is 1. The number of nitrogens with one attached hydrogen (secondary N) is 1. The Labute approximate surface area is 72.1 Å². The number of carbonyl (C=O) groups is 1. The van der Waals surface area contributed by atoms with Crippen molar-refractivity contribution in [1.29, 1.82) is 0 Å². The quantitative estimate of drug-likeness (QED) is 0.557. The van der Waals surface area contributed by atoms with E-state index in [9.17, 15) is 4.79 Å². The summed E-state index contributed by atoms with van der Waals surface area (Å²) in [7, 11) is 0. The summed E-state index contributed by atoms with van der Waals surface area (Å²) in [5.74, 6) is -0.812. The van der Waals surface area contributed by atoms with Gasteiger partial charge in [-0.15, -0.1) is 0 Å². The molecule has 2 atom stereocenters.